The second-order valence-corrected chi connectivity index (χ2v) is 9.12. The normalized spacial score (nSPS) is 14.3. The summed E-state index contributed by atoms with van der Waals surface area (Å²) in [6.45, 7) is 4.94. The summed E-state index contributed by atoms with van der Waals surface area (Å²) >= 11 is 0. The summed E-state index contributed by atoms with van der Waals surface area (Å²) in [6, 6.07) is 14.0. The van der Waals surface area contributed by atoms with E-state index in [0.29, 0.717) is 17.3 Å². The number of nitrogens with one attached hydrogen (secondary N) is 1. The molecule has 168 valence electrons. The minimum absolute atomic E-state index is 0.0204. The van der Waals surface area contributed by atoms with Crippen molar-refractivity contribution in [3.63, 3.8) is 0 Å². The Morgan fingerprint density at radius 3 is 2.56 bits per heavy atom. The largest absolute Gasteiger partial charge is 0.479 e. The monoisotopic (exact) mass is 454 g/mol. The molecule has 1 N–H and O–H groups in total. The molecule has 0 aliphatic carbocycles. The van der Waals surface area contributed by atoms with Crippen LogP contribution >= 0.6 is 0 Å². The van der Waals surface area contributed by atoms with Crippen LogP contribution in [0.4, 0.5) is 5.69 Å². The van der Waals surface area contributed by atoms with Crippen molar-refractivity contribution in [1.82, 2.24) is 14.9 Å². The van der Waals surface area contributed by atoms with Crippen molar-refractivity contribution in [2.75, 3.05) is 31.5 Å². The smallest absolute Gasteiger partial charge is 0.263 e. The molecule has 1 aliphatic rings. The average molecular weight is 455 g/mol. The van der Waals surface area contributed by atoms with Gasteiger partial charge >= 0.3 is 0 Å². The quantitative estimate of drug-likeness (QED) is 0.584. The van der Waals surface area contributed by atoms with Gasteiger partial charge in [-0.3, -0.25) is 4.72 Å². The molecule has 2 aromatic heterocycles. The molecule has 1 aromatic carbocycles. The number of likely N-dealkylation sites (N-methyl/N-ethyl adjacent to an activating group) is 1. The van der Waals surface area contributed by atoms with Crippen molar-refractivity contribution in [2.45, 2.75) is 24.7 Å². The zero-order valence-corrected chi connectivity index (χ0v) is 18.9. The molecule has 0 spiro atoms. The third-order valence-electron chi connectivity index (χ3n) is 5.39. The minimum atomic E-state index is -3.89. The van der Waals surface area contributed by atoms with Gasteiger partial charge in [-0.2, -0.15) is 0 Å². The van der Waals surface area contributed by atoms with Crippen LogP contribution < -0.4 is 14.2 Å². The number of fused-ring (bicyclic) bond motifs is 1. The Morgan fingerprint density at radius 1 is 1.09 bits per heavy atom. The summed E-state index contributed by atoms with van der Waals surface area (Å²) in [6.07, 6.45) is 2.88. The second-order valence-electron chi connectivity index (χ2n) is 7.44. The molecule has 32 heavy (non-hydrogen) atoms. The van der Waals surface area contributed by atoms with Crippen LogP contribution in [-0.4, -0.2) is 50.0 Å². The predicted molar refractivity (Wildman–Crippen MR) is 122 cm³/mol. The number of ether oxygens (including phenoxy) is 2. The first kappa shape index (κ1) is 22.0. The maximum atomic E-state index is 13.0. The van der Waals surface area contributed by atoms with Crippen LogP contribution in [0.3, 0.4) is 0 Å². The number of anilines is 1. The van der Waals surface area contributed by atoms with Gasteiger partial charge in [-0.15, -0.1) is 0 Å². The maximum absolute atomic E-state index is 13.0. The number of sulfonamides is 1. The molecule has 4 rings (SSSR count). The van der Waals surface area contributed by atoms with E-state index in [1.54, 1.807) is 12.1 Å². The molecule has 0 bridgehead atoms. The highest BCUT2D eigenvalue weighted by Gasteiger charge is 2.22. The highest BCUT2D eigenvalue weighted by molar-refractivity contribution is 7.92. The number of pyridine rings is 2. The van der Waals surface area contributed by atoms with Gasteiger partial charge in [0.1, 0.15) is 16.3 Å². The number of hydrogen-bond donors (Lipinski definition) is 1. The van der Waals surface area contributed by atoms with E-state index in [4.69, 9.17) is 9.47 Å². The van der Waals surface area contributed by atoms with Crippen molar-refractivity contribution in [3.8, 4) is 17.5 Å². The van der Waals surface area contributed by atoms with Gasteiger partial charge in [0, 0.05) is 31.3 Å². The van der Waals surface area contributed by atoms with E-state index in [1.807, 2.05) is 24.3 Å². The second kappa shape index (κ2) is 9.54. The van der Waals surface area contributed by atoms with E-state index in [1.165, 1.54) is 25.4 Å². The minimum Gasteiger partial charge on any atom is -0.479 e. The van der Waals surface area contributed by atoms with E-state index in [-0.39, 0.29) is 10.8 Å². The summed E-state index contributed by atoms with van der Waals surface area (Å²) < 4.78 is 39.6. The van der Waals surface area contributed by atoms with E-state index in [0.717, 1.165) is 43.7 Å². The highest BCUT2D eigenvalue weighted by Crippen LogP contribution is 2.29. The molecule has 1 aliphatic heterocycles. The van der Waals surface area contributed by atoms with E-state index >= 15 is 0 Å². The number of methoxy groups -OCH3 is 1. The predicted octanol–water partition coefficient (Wildman–Crippen LogP) is 3.50. The van der Waals surface area contributed by atoms with Crippen molar-refractivity contribution in [3.05, 3.63) is 66.0 Å². The summed E-state index contributed by atoms with van der Waals surface area (Å²) in [5.41, 5.74) is 2.30. The van der Waals surface area contributed by atoms with Gasteiger partial charge in [-0.05, 0) is 42.8 Å². The molecule has 0 amide bonds. The Hall–Kier alpha value is -3.17. The Labute approximate surface area is 188 Å². The van der Waals surface area contributed by atoms with Gasteiger partial charge in [-0.25, -0.2) is 18.4 Å². The van der Waals surface area contributed by atoms with Crippen LogP contribution in [0.2, 0.25) is 0 Å². The third kappa shape index (κ3) is 5.00. The molecule has 0 saturated carbocycles. The van der Waals surface area contributed by atoms with Gasteiger partial charge in [-0.1, -0.05) is 25.1 Å². The van der Waals surface area contributed by atoms with Crippen molar-refractivity contribution < 1.29 is 17.9 Å². The molecule has 9 heteroatoms. The fraction of sp³-hybridized carbons (Fsp3) is 0.304. The van der Waals surface area contributed by atoms with E-state index in [2.05, 4.69) is 26.5 Å². The number of nitrogens with zero attached hydrogens (tertiary/aromatic N) is 3. The molecule has 3 heterocycles. The molecule has 0 fully saturated rings. The van der Waals surface area contributed by atoms with E-state index in [9.17, 15) is 8.42 Å². The molecule has 0 unspecified atom stereocenters. The molecule has 0 atom stereocenters. The first-order valence-corrected chi connectivity index (χ1v) is 12.0. The van der Waals surface area contributed by atoms with Crippen molar-refractivity contribution in [2.24, 2.45) is 0 Å². The Balaban J connectivity index is 1.54. The van der Waals surface area contributed by atoms with Crippen LogP contribution in [0.5, 0.6) is 17.5 Å². The lowest BCUT2D eigenvalue weighted by atomic mass is 10.1. The number of hydrogen-bond acceptors (Lipinski definition) is 7. The Kier molecular flexibility index (Phi) is 6.57. The molecule has 8 nitrogen and oxygen atoms in total. The van der Waals surface area contributed by atoms with Gasteiger partial charge in [0.2, 0.25) is 11.8 Å². The van der Waals surface area contributed by atoms with Crippen LogP contribution in [0.1, 0.15) is 18.2 Å². The van der Waals surface area contributed by atoms with Crippen LogP contribution in [0.15, 0.2) is 59.6 Å². The fourth-order valence-corrected chi connectivity index (χ4v) is 4.60. The molecule has 0 saturated heterocycles. The summed E-state index contributed by atoms with van der Waals surface area (Å²) in [5.74, 6) is 1.19. The van der Waals surface area contributed by atoms with Crippen molar-refractivity contribution in [1.29, 1.82) is 0 Å². The molecule has 3 aromatic rings. The first-order chi connectivity index (χ1) is 15.5. The summed E-state index contributed by atoms with van der Waals surface area (Å²) in [5, 5.41) is 0. The van der Waals surface area contributed by atoms with Crippen molar-refractivity contribution >= 4 is 15.7 Å². The first-order valence-electron chi connectivity index (χ1n) is 10.5. The third-order valence-corrected chi connectivity index (χ3v) is 6.74. The van der Waals surface area contributed by atoms with Crippen LogP contribution in [-0.2, 0) is 22.9 Å². The SMILES string of the molecule is CCN1CCc2cc(NS(=O)(=O)c3ccc(Oc4ccccc4)nc3)c(OC)nc2CC1. The number of aromatic nitrogens is 2. The fourth-order valence-electron chi connectivity index (χ4n) is 3.61. The summed E-state index contributed by atoms with van der Waals surface area (Å²) in [4.78, 5) is 11.1. The number of rotatable bonds is 7. The maximum Gasteiger partial charge on any atom is 0.263 e. The lowest BCUT2D eigenvalue weighted by Crippen LogP contribution is -2.25. The number of para-hydroxylation sites is 1. The van der Waals surface area contributed by atoms with Gasteiger partial charge < -0.3 is 14.4 Å². The standard InChI is InChI=1S/C23H26N4O4S/c1-3-27-13-11-17-15-21(23(30-2)25-20(17)12-14-27)26-32(28,29)19-9-10-22(24-16-19)31-18-7-5-4-6-8-18/h4-10,15-16,26H,3,11-14H2,1-2H3. The zero-order valence-electron chi connectivity index (χ0n) is 18.1. The van der Waals surface area contributed by atoms with Crippen LogP contribution in [0.25, 0.3) is 0 Å². The van der Waals surface area contributed by atoms with Crippen LogP contribution in [0, 0.1) is 0 Å². The lowest BCUT2D eigenvalue weighted by Gasteiger charge is -2.15. The Morgan fingerprint density at radius 2 is 1.88 bits per heavy atom. The molecular weight excluding hydrogens is 428 g/mol. The number of benzene rings is 1. The molecule has 0 radical (unpaired) electrons. The highest BCUT2D eigenvalue weighted by atomic mass is 32.2. The zero-order chi connectivity index (χ0) is 22.6. The summed E-state index contributed by atoms with van der Waals surface area (Å²) in [7, 11) is -2.40. The topological polar surface area (TPSA) is 93.7 Å². The van der Waals surface area contributed by atoms with Gasteiger partial charge in [0.05, 0.1) is 13.3 Å². The van der Waals surface area contributed by atoms with Gasteiger partial charge in [0.25, 0.3) is 10.0 Å². The lowest BCUT2D eigenvalue weighted by molar-refractivity contribution is 0.303. The average Bonchev–Trinajstić information content (AvgIpc) is 3.01. The van der Waals surface area contributed by atoms with E-state index < -0.39 is 10.0 Å². The van der Waals surface area contributed by atoms with Gasteiger partial charge in [0.15, 0.2) is 0 Å². The Bertz CT molecular complexity index is 1170. The molecular formula is C23H26N4O4S.